The van der Waals surface area contributed by atoms with Gasteiger partial charge in [-0.25, -0.2) is 4.57 Å². The number of amides is 5. The third-order valence-electron chi connectivity index (χ3n) is 18.2. The number of hydrogen-bond acceptors (Lipinski definition) is 7. The number of carbonyl (C=O) groups is 5. The van der Waals surface area contributed by atoms with Crippen LogP contribution >= 0.6 is 11.8 Å². The minimum Gasteiger partial charge on any atom is -0.586 e. The van der Waals surface area contributed by atoms with Crippen LogP contribution in [0.4, 0.5) is 0 Å². The normalized spacial score (nSPS) is 16.8. The van der Waals surface area contributed by atoms with Crippen molar-refractivity contribution >= 4 is 41.3 Å². The van der Waals surface area contributed by atoms with E-state index in [1.165, 1.54) is 250 Å². The minimum absolute atomic E-state index is 0. The lowest BCUT2D eigenvalue weighted by atomic mass is 9.92. The summed E-state index contributed by atoms with van der Waals surface area (Å²) in [6.45, 7) is 19.3. The molecule has 536 valence electrons. The van der Waals surface area contributed by atoms with Gasteiger partial charge in [0, 0.05) is 54.9 Å². The highest BCUT2D eigenvalue weighted by Crippen LogP contribution is 2.51. The Morgan fingerprint density at radius 2 is 1.03 bits per heavy atom. The van der Waals surface area contributed by atoms with Crippen LogP contribution in [0.25, 0.3) is 0 Å². The van der Waals surface area contributed by atoms with E-state index in [4.69, 9.17) is 0 Å². The Morgan fingerprint density at radius 1 is 0.606 bits per heavy atom. The molecule has 0 radical (unpaired) electrons. The fourth-order valence-electron chi connectivity index (χ4n) is 12.5. The molecule has 2 N–H and O–H groups in total. The highest BCUT2D eigenvalue weighted by atomic mass is 32.2. The molecule has 2 unspecified atom stereocenters. The molecule has 2 aromatic carbocycles. The molecule has 0 bridgehead atoms. The molecule has 15 heteroatoms. The molecule has 0 saturated carbocycles. The molecule has 6 rings (SSSR count). The van der Waals surface area contributed by atoms with Gasteiger partial charge in [0.05, 0.1) is 54.2 Å². The Hall–Kier alpha value is -4.67. The molecule has 3 fully saturated rings. The molecule has 14 nitrogen and oxygen atoms in total. The fraction of sp³-hybridized carbons (Fsp3) is 0.709. The van der Waals surface area contributed by atoms with E-state index in [2.05, 4.69) is 132 Å². The zero-order valence-electron chi connectivity index (χ0n) is 59.9. The number of thioether (sulfide) groups is 1. The third kappa shape index (κ3) is 35.5. The Bertz CT molecular complexity index is 2400. The summed E-state index contributed by atoms with van der Waals surface area (Å²) in [7, 11) is 11.5. The highest BCUT2D eigenvalue weighted by Gasteiger charge is 2.60. The zero-order chi connectivity index (χ0) is 67.5. The van der Waals surface area contributed by atoms with Crippen molar-refractivity contribution in [3.05, 3.63) is 109 Å². The Kier molecular flexibility index (Phi) is 47.1. The number of piperazine rings is 1. The molecule has 94 heavy (non-hydrogen) atoms. The number of unbranched alkanes of at least 4 members (excludes halogenated alkanes) is 27. The molecule has 0 spiro atoms. The minimum atomic E-state index is -0.967. The van der Waals surface area contributed by atoms with Crippen LogP contribution in [-0.4, -0.2) is 148 Å². The second-order valence-electron chi connectivity index (χ2n) is 28.4. The van der Waals surface area contributed by atoms with Gasteiger partial charge < -0.3 is 34.2 Å². The zero-order valence-corrected chi connectivity index (χ0v) is 60.7. The van der Waals surface area contributed by atoms with E-state index in [1.54, 1.807) is 37.3 Å². The maximum absolute atomic E-state index is 13.4. The van der Waals surface area contributed by atoms with Crippen LogP contribution in [0.3, 0.4) is 0 Å². The first kappa shape index (κ1) is 87.3. The van der Waals surface area contributed by atoms with Gasteiger partial charge in [0.25, 0.3) is 0 Å². The van der Waals surface area contributed by atoms with Gasteiger partial charge in [-0.2, -0.15) is 0 Å². The number of aliphatic hydroxyl groups is 1. The van der Waals surface area contributed by atoms with Gasteiger partial charge in [-0.05, 0) is 57.2 Å². The average molecular weight is 1330 g/mol. The number of quaternary nitrogens is 2. The summed E-state index contributed by atoms with van der Waals surface area (Å²) < 4.78 is 4.06. The summed E-state index contributed by atoms with van der Waals surface area (Å²) in [5, 5.41) is 13.3. The molecule has 3 aromatic rings. The summed E-state index contributed by atoms with van der Waals surface area (Å²) in [4.78, 5) is 70.8. The number of likely N-dealkylation sites (N-methyl/N-ethyl adjacent to an activating group) is 1. The number of imide groups is 1. The summed E-state index contributed by atoms with van der Waals surface area (Å²) in [5.41, 5.74) is 1.95. The van der Waals surface area contributed by atoms with E-state index >= 15 is 0 Å². The Balaban J connectivity index is 0.000000668. The number of benzene rings is 2. The summed E-state index contributed by atoms with van der Waals surface area (Å²) in [6.07, 6.45) is 47.1. The smallest absolute Gasteiger partial charge is 0.318 e. The molecule has 5 amide bonds. The van der Waals surface area contributed by atoms with E-state index in [0.717, 1.165) is 15.9 Å². The first-order chi connectivity index (χ1) is 44.2. The van der Waals surface area contributed by atoms with Crippen LogP contribution in [0.2, 0.25) is 0 Å². The van der Waals surface area contributed by atoms with Crippen LogP contribution in [0, 0.1) is 6.61 Å². The van der Waals surface area contributed by atoms with Crippen molar-refractivity contribution in [2.75, 3.05) is 68.0 Å². The number of rotatable bonds is 43. The topological polar surface area (TPSA) is 147 Å². The van der Waals surface area contributed by atoms with Crippen LogP contribution in [0.1, 0.15) is 272 Å². The van der Waals surface area contributed by atoms with Gasteiger partial charge in [-0.15, -0.1) is 11.8 Å². The van der Waals surface area contributed by atoms with Gasteiger partial charge in [0.2, 0.25) is 17.7 Å². The fourth-order valence-corrected chi connectivity index (χ4v) is 14.1. The largest absolute Gasteiger partial charge is 0.586 e. The van der Waals surface area contributed by atoms with E-state index < -0.39 is 46.4 Å². The molecule has 3 saturated heterocycles. The third-order valence-corrected chi connectivity index (χ3v) is 19.8. The monoisotopic (exact) mass is 1330 g/mol. The number of carbonyl (C=O) groups excluding carboxylic acids is 5. The lowest BCUT2D eigenvalue weighted by Crippen LogP contribution is -2.70. The maximum Gasteiger partial charge on any atom is 0.318 e. The number of aryl methyl sites for hydroxylation is 1. The lowest BCUT2D eigenvalue weighted by Gasteiger charge is -2.47. The quantitative estimate of drug-likeness (QED) is 0.00683. The van der Waals surface area contributed by atoms with Crippen molar-refractivity contribution < 1.29 is 47.7 Å². The van der Waals surface area contributed by atoms with Crippen LogP contribution in [0.15, 0.2) is 91.3 Å². The number of β-lactam (4-membered cyclic amide) rings is 1. The van der Waals surface area contributed by atoms with E-state index in [9.17, 15) is 29.2 Å². The number of nitrogens with zero attached hydrogens (tertiary/aromatic N) is 6. The number of fused-ring (bicyclic) bond motifs is 1. The second kappa shape index (κ2) is 50.6. The second-order valence-corrected chi connectivity index (χ2v) is 30.2. The van der Waals surface area contributed by atoms with E-state index in [-0.39, 0.29) is 45.6 Å². The molecule has 3 aliphatic rings. The highest BCUT2D eigenvalue weighted by molar-refractivity contribution is 8.01. The van der Waals surface area contributed by atoms with Crippen LogP contribution in [-0.2, 0) is 37.1 Å². The number of nitrogens with one attached hydrogen (secondary N) is 1. The van der Waals surface area contributed by atoms with Crippen molar-refractivity contribution in [2.45, 2.75) is 297 Å². The molecular weight excluding hydrogens is 1190 g/mol. The summed E-state index contributed by atoms with van der Waals surface area (Å²) in [6, 6.07) is 24.2. The van der Waals surface area contributed by atoms with Gasteiger partial charge in [-0.3, -0.25) is 28.9 Å². The van der Waals surface area contributed by atoms with Gasteiger partial charge in [0.15, 0.2) is 12.4 Å². The van der Waals surface area contributed by atoms with E-state index in [0.29, 0.717) is 12.1 Å². The van der Waals surface area contributed by atoms with Crippen LogP contribution < -0.4 is 15.1 Å². The standard InChI is InChI=1S/C24H29N4O7S.C22H48N.C21H38N.C10H16N.2CH4/c1-4-26-10-11-27(22(33)21(26)32)17(29)12-15(14-8-6-5-7-9-14)19(30)25-18-20(31)28-16(13-35-34)24(2,3)36-23(18)28;1-5-7-9-11-13-15-17-19-21-23(3,4)22-20-18-16-14-12-10-8-6-2;1-2-3-4-5-6-7-8-9-10-11-12-13-14-16-19-22-20-17-15-18-21-22;1-11(2,3)9-10-7-5-4-6-8-10;;/h5-9,13,15-16,18,23,35H,4,10-12H2,1-3H3,(H,25,30);5-22H2,1-4H3;15,17-18,20-21H,2-14,16,19H2,1H3;4-8H,9H2,1-3H3;2*1H4/q-1;3*+1;;/t15?,16-,18?,23+;;;;;/m0...../s1. The molecule has 0 aliphatic carbocycles. The molecular formula is C79H139N7O7S+2. The molecule has 4 heterocycles. The van der Waals surface area contributed by atoms with E-state index in [1.807, 2.05) is 13.8 Å². The van der Waals surface area contributed by atoms with Gasteiger partial charge in [0.1, 0.15) is 24.5 Å². The molecule has 4 atom stereocenters. The van der Waals surface area contributed by atoms with Crippen molar-refractivity contribution in [1.29, 1.82) is 0 Å². The summed E-state index contributed by atoms with van der Waals surface area (Å²) >= 11 is 1.46. The average Bonchev–Trinajstić information content (AvgIpc) is 1.53. The first-order valence-electron chi connectivity index (χ1n) is 36.5. The Labute approximate surface area is 579 Å². The number of hydrogen-bond donors (Lipinski definition) is 1. The van der Waals surface area contributed by atoms with Crippen molar-refractivity contribution in [1.82, 2.24) is 20.0 Å². The number of aromatic nitrogens is 1. The molecule has 1 aromatic heterocycles. The first-order valence-corrected chi connectivity index (χ1v) is 37.4. The maximum atomic E-state index is 13.4. The van der Waals surface area contributed by atoms with Crippen LogP contribution in [0.5, 0.6) is 0 Å². The van der Waals surface area contributed by atoms with Crippen molar-refractivity contribution in [3.63, 3.8) is 0 Å². The van der Waals surface area contributed by atoms with Gasteiger partial charge in [-0.1, -0.05) is 270 Å². The SMILES string of the molecule is C.C.CCCCCCCCCCCCCCCC[n+]1ccccc1.CCCCCCCCCC[N+](C)(C)CCCCCCCCCC.CCN1CCN(C(=O)CC(C(=O)NC2C(=O)N3[C@@H]2SC(C)(C)[C@@H]3[CH-][OH+][O-])c2ccccc2)C(=O)C1=O.C[N+](C)(C)Cc1ccccc1. The molecule has 3 aliphatic heterocycles. The summed E-state index contributed by atoms with van der Waals surface area (Å²) in [5.74, 6) is -4.09. The predicted octanol–water partition coefficient (Wildman–Crippen LogP) is 16.4. The predicted molar refractivity (Wildman–Crippen MR) is 393 cm³/mol. The lowest BCUT2D eigenvalue weighted by molar-refractivity contribution is -0.890. The van der Waals surface area contributed by atoms with Crippen molar-refractivity contribution in [3.8, 4) is 0 Å². The van der Waals surface area contributed by atoms with Crippen molar-refractivity contribution in [2.24, 2.45) is 0 Å². The number of pyridine rings is 1. The Morgan fingerprint density at radius 3 is 1.47 bits per heavy atom. The van der Waals surface area contributed by atoms with Gasteiger partial charge >= 0.3 is 11.8 Å².